The fraction of sp³-hybridized carbons (Fsp3) is 0.0333. The quantitative estimate of drug-likeness (QED) is 0.218. The second-order valence-electron chi connectivity index (χ2n) is 9.21. The largest absolute Gasteiger partial charge is 0.336 e. The van der Waals surface area contributed by atoms with Gasteiger partial charge < -0.3 is 10.3 Å². The third-order valence-electron chi connectivity index (χ3n) is 6.59. The van der Waals surface area contributed by atoms with Gasteiger partial charge >= 0.3 is 0 Å². The normalized spacial score (nSPS) is 11.3. The summed E-state index contributed by atoms with van der Waals surface area (Å²) in [4.78, 5) is 30.4. The van der Waals surface area contributed by atoms with Crippen molar-refractivity contribution in [2.24, 2.45) is 0 Å². The molecule has 7 aromatic rings. The van der Waals surface area contributed by atoms with Crippen LogP contribution in [0.3, 0.4) is 0 Å². The summed E-state index contributed by atoms with van der Waals surface area (Å²) >= 11 is 1.58. The number of pyridine rings is 2. The number of amides is 1. The van der Waals surface area contributed by atoms with Gasteiger partial charge in [0.25, 0.3) is 0 Å². The van der Waals surface area contributed by atoms with Crippen molar-refractivity contribution in [2.45, 2.75) is 6.42 Å². The number of carbonyl (C=O) groups excluding carboxylic acids is 1. The van der Waals surface area contributed by atoms with Crippen molar-refractivity contribution < 1.29 is 9.18 Å². The summed E-state index contributed by atoms with van der Waals surface area (Å²) in [5.41, 5.74) is 5.37. The van der Waals surface area contributed by atoms with Gasteiger partial charge in [0.15, 0.2) is 5.82 Å². The molecule has 2 aromatic carbocycles. The Labute approximate surface area is 231 Å². The monoisotopic (exact) mass is 545 g/mol. The summed E-state index contributed by atoms with van der Waals surface area (Å²) < 4.78 is 16.1. The fourth-order valence-corrected chi connectivity index (χ4v) is 5.47. The zero-order valence-electron chi connectivity index (χ0n) is 20.9. The number of nitrogens with one attached hydrogen (secondary N) is 3. The van der Waals surface area contributed by atoms with Crippen LogP contribution in [0.2, 0.25) is 0 Å². The van der Waals surface area contributed by atoms with Crippen molar-refractivity contribution in [3.8, 4) is 33.2 Å². The number of halogens is 1. The van der Waals surface area contributed by atoms with Crippen LogP contribution in [-0.4, -0.2) is 36.0 Å². The molecule has 10 heteroatoms. The van der Waals surface area contributed by atoms with Crippen LogP contribution in [0.1, 0.15) is 5.56 Å². The molecule has 7 rings (SSSR count). The van der Waals surface area contributed by atoms with Crippen molar-refractivity contribution in [1.29, 1.82) is 0 Å². The highest BCUT2D eigenvalue weighted by Gasteiger charge is 2.21. The average molecular weight is 546 g/mol. The highest BCUT2D eigenvalue weighted by molar-refractivity contribution is 7.13. The molecule has 0 radical (unpaired) electrons. The lowest BCUT2D eigenvalue weighted by Crippen LogP contribution is -2.14. The van der Waals surface area contributed by atoms with Gasteiger partial charge in [0.05, 0.1) is 39.6 Å². The number of aromatic nitrogens is 6. The molecular weight excluding hydrogens is 525 g/mol. The van der Waals surface area contributed by atoms with Crippen LogP contribution >= 0.6 is 11.3 Å². The minimum Gasteiger partial charge on any atom is -0.336 e. The van der Waals surface area contributed by atoms with E-state index in [-0.39, 0.29) is 12.3 Å². The van der Waals surface area contributed by atoms with E-state index in [2.05, 4.69) is 30.5 Å². The lowest BCUT2D eigenvalue weighted by Gasteiger charge is -2.09. The molecule has 0 aliphatic heterocycles. The third kappa shape index (κ3) is 4.30. The first-order valence-corrected chi connectivity index (χ1v) is 13.4. The van der Waals surface area contributed by atoms with Gasteiger partial charge in [0.1, 0.15) is 22.7 Å². The standard InChI is InChI=1S/C30H20FN7OS/c31-26-20(18-14-19(16-32-15-18)34-24(39)13-17-5-2-1-3-6-17)8-9-21-25(26)29(38-37-21)30-35-22-10-11-33-28(27(22)36-30)23-7-4-12-40-23/h1-12,14-16H,13H2,(H,34,39)(H,35,36)(H,37,38). The predicted molar refractivity (Wildman–Crippen MR) is 154 cm³/mol. The van der Waals surface area contributed by atoms with E-state index in [1.165, 1.54) is 0 Å². The van der Waals surface area contributed by atoms with Crippen molar-refractivity contribution >= 4 is 44.9 Å². The molecular formula is C30H20FN7OS. The number of carbonyl (C=O) groups is 1. The van der Waals surface area contributed by atoms with Crippen molar-refractivity contribution in [3.63, 3.8) is 0 Å². The molecule has 194 valence electrons. The number of anilines is 1. The maximum Gasteiger partial charge on any atom is 0.228 e. The first-order chi connectivity index (χ1) is 19.6. The Morgan fingerprint density at radius 3 is 2.73 bits per heavy atom. The summed E-state index contributed by atoms with van der Waals surface area (Å²) in [7, 11) is 0. The Bertz CT molecular complexity index is 2000. The summed E-state index contributed by atoms with van der Waals surface area (Å²) in [6, 6.07) is 20.4. The van der Waals surface area contributed by atoms with Crippen LogP contribution in [0, 0.1) is 5.82 Å². The SMILES string of the molecule is O=C(Cc1ccccc1)Nc1cncc(-c2ccc3[nH]nc(-c4nc5c(-c6cccs6)nccc5[nH]4)c3c2F)c1. The number of fused-ring (bicyclic) bond motifs is 2. The Balaban J connectivity index is 1.24. The van der Waals surface area contributed by atoms with Gasteiger partial charge in [-0.05, 0) is 41.3 Å². The van der Waals surface area contributed by atoms with Crippen LogP contribution in [0.25, 0.3) is 55.2 Å². The second kappa shape index (κ2) is 9.83. The molecule has 8 nitrogen and oxygen atoms in total. The molecule has 0 aliphatic rings. The highest BCUT2D eigenvalue weighted by Crippen LogP contribution is 2.36. The van der Waals surface area contributed by atoms with E-state index in [0.717, 1.165) is 21.7 Å². The molecule has 0 saturated heterocycles. The zero-order valence-corrected chi connectivity index (χ0v) is 21.7. The van der Waals surface area contributed by atoms with E-state index in [1.54, 1.807) is 48.1 Å². The van der Waals surface area contributed by atoms with Gasteiger partial charge in [-0.25, -0.2) is 9.37 Å². The van der Waals surface area contributed by atoms with Gasteiger partial charge in [-0.15, -0.1) is 11.3 Å². The molecule has 0 fully saturated rings. The molecule has 0 bridgehead atoms. The molecule has 40 heavy (non-hydrogen) atoms. The van der Waals surface area contributed by atoms with Crippen LogP contribution in [0.15, 0.2) is 90.7 Å². The maximum atomic E-state index is 16.1. The molecule has 0 spiro atoms. The second-order valence-corrected chi connectivity index (χ2v) is 10.2. The molecule has 5 aromatic heterocycles. The van der Waals surface area contributed by atoms with E-state index in [0.29, 0.717) is 44.8 Å². The summed E-state index contributed by atoms with van der Waals surface area (Å²) in [5, 5.41) is 12.5. The van der Waals surface area contributed by atoms with Gasteiger partial charge in [-0.1, -0.05) is 36.4 Å². The van der Waals surface area contributed by atoms with Crippen LogP contribution in [0.5, 0.6) is 0 Å². The summed E-state index contributed by atoms with van der Waals surface area (Å²) in [6.45, 7) is 0. The molecule has 0 atom stereocenters. The number of nitrogens with zero attached hydrogens (tertiary/aromatic N) is 4. The molecule has 0 aliphatic carbocycles. The lowest BCUT2D eigenvalue weighted by atomic mass is 10.0. The number of hydrogen-bond donors (Lipinski definition) is 3. The van der Waals surface area contributed by atoms with E-state index in [4.69, 9.17) is 4.98 Å². The van der Waals surface area contributed by atoms with E-state index >= 15 is 4.39 Å². The molecule has 0 unspecified atom stereocenters. The van der Waals surface area contributed by atoms with Gasteiger partial charge in [0.2, 0.25) is 5.91 Å². The summed E-state index contributed by atoms with van der Waals surface area (Å²) in [6.07, 6.45) is 5.06. The smallest absolute Gasteiger partial charge is 0.228 e. The Kier molecular flexibility index (Phi) is 5.86. The number of benzene rings is 2. The Hall–Kier alpha value is -5.22. The zero-order chi connectivity index (χ0) is 27.1. The third-order valence-corrected chi connectivity index (χ3v) is 7.46. The number of H-pyrrole nitrogens is 2. The molecule has 5 heterocycles. The van der Waals surface area contributed by atoms with E-state index in [9.17, 15) is 4.79 Å². The van der Waals surface area contributed by atoms with Crippen LogP contribution < -0.4 is 5.32 Å². The van der Waals surface area contributed by atoms with Gasteiger partial charge in [-0.3, -0.25) is 19.9 Å². The van der Waals surface area contributed by atoms with Gasteiger partial charge in [-0.2, -0.15) is 5.10 Å². The van der Waals surface area contributed by atoms with Crippen molar-refractivity contribution in [2.75, 3.05) is 5.32 Å². The number of rotatable bonds is 6. The topological polar surface area (TPSA) is 112 Å². The molecule has 3 N–H and O–H groups in total. The predicted octanol–water partition coefficient (Wildman–Crippen LogP) is 6.61. The number of thiophene rings is 1. The van der Waals surface area contributed by atoms with Crippen molar-refractivity contribution in [1.82, 2.24) is 30.1 Å². The Morgan fingerprint density at radius 2 is 1.88 bits per heavy atom. The lowest BCUT2D eigenvalue weighted by molar-refractivity contribution is -0.115. The van der Waals surface area contributed by atoms with E-state index < -0.39 is 5.82 Å². The first kappa shape index (κ1) is 23.9. The van der Waals surface area contributed by atoms with Crippen molar-refractivity contribution in [3.05, 3.63) is 102 Å². The van der Waals surface area contributed by atoms with Crippen LogP contribution in [0.4, 0.5) is 10.1 Å². The fourth-order valence-electron chi connectivity index (χ4n) is 4.75. The Morgan fingerprint density at radius 1 is 0.975 bits per heavy atom. The highest BCUT2D eigenvalue weighted by atomic mass is 32.1. The maximum absolute atomic E-state index is 16.1. The molecule has 0 saturated carbocycles. The van der Waals surface area contributed by atoms with Crippen LogP contribution in [-0.2, 0) is 11.2 Å². The number of aromatic amines is 2. The molecule has 1 amide bonds. The minimum atomic E-state index is -0.465. The summed E-state index contributed by atoms with van der Waals surface area (Å²) in [5.74, 6) is -0.212. The average Bonchev–Trinajstić information content (AvgIpc) is 3.73. The first-order valence-electron chi connectivity index (χ1n) is 12.5. The van der Waals surface area contributed by atoms with E-state index in [1.807, 2.05) is 53.9 Å². The number of hydrogen-bond acceptors (Lipinski definition) is 6. The minimum absolute atomic E-state index is 0.181. The number of imidazole rings is 1. The van der Waals surface area contributed by atoms with Gasteiger partial charge in [0, 0.05) is 23.5 Å².